The second-order valence-electron chi connectivity index (χ2n) is 25.3. The summed E-state index contributed by atoms with van der Waals surface area (Å²) in [6.07, 6.45) is 3.07. The summed E-state index contributed by atoms with van der Waals surface area (Å²) in [5, 5.41) is 3.06. The van der Waals surface area contributed by atoms with Crippen molar-refractivity contribution >= 4 is 59.2 Å². The minimum Gasteiger partial charge on any atom is -0.458 e. The van der Waals surface area contributed by atoms with Crippen molar-refractivity contribution in [1.82, 2.24) is 30.0 Å². The van der Waals surface area contributed by atoms with Crippen LogP contribution in [0, 0.1) is 23.7 Å². The molecule has 2 saturated carbocycles. The molecule has 3 aromatic rings. The summed E-state index contributed by atoms with van der Waals surface area (Å²) in [5.41, 5.74) is 2.10. The molecule has 1 aromatic carbocycles. The molecule has 0 unspecified atom stereocenters. The van der Waals surface area contributed by atoms with Crippen molar-refractivity contribution in [3.05, 3.63) is 83.7 Å². The molecule has 8 atom stereocenters. The summed E-state index contributed by atoms with van der Waals surface area (Å²) in [6, 6.07) is 12.2. The molecule has 0 radical (unpaired) electrons. The number of nitrogens with zero attached hydrogens (tertiary/aromatic N) is 7. The topological polar surface area (TPSA) is 255 Å². The van der Waals surface area contributed by atoms with Crippen LogP contribution in [-0.4, -0.2) is 202 Å². The highest BCUT2D eigenvalue weighted by Crippen LogP contribution is 2.36. The number of hydrogen-bond acceptors (Lipinski definition) is 20. The van der Waals surface area contributed by atoms with Gasteiger partial charge in [0.2, 0.25) is 0 Å². The second-order valence-corrected chi connectivity index (χ2v) is 25.3. The van der Waals surface area contributed by atoms with E-state index in [1.54, 1.807) is 37.6 Å². The van der Waals surface area contributed by atoms with Crippen LogP contribution in [0.5, 0.6) is 0 Å². The van der Waals surface area contributed by atoms with Gasteiger partial charge in [0.1, 0.15) is 42.4 Å². The Labute approximate surface area is 530 Å². The lowest BCUT2D eigenvalue weighted by Gasteiger charge is -2.34. The molecule has 3 amide bonds. The SMILES string of the molecule is CN[C@@H](CC1CC1)C(=O)O[C@H](CCc1ccc(N2CCOCC2)nc1)C(=O)N(C)[C@@H](CCC(C)C)C(=O)O[C@H](C)C(=O)N(C)[C@@H](CC1CC1)C(=O)O[C@H](Cc1ccc(N2CCOCC2)nc1)C(=O)N(C)[C@@H](CC(C)C)C(=O)O[C@H](C)C(=O)OCc1ccccc1. The molecular formula is C67H96N8O15. The van der Waals surface area contributed by atoms with Crippen LogP contribution in [0.25, 0.3) is 0 Å². The summed E-state index contributed by atoms with van der Waals surface area (Å²) < 4.78 is 40.5. The van der Waals surface area contributed by atoms with Crippen molar-refractivity contribution in [3.63, 3.8) is 0 Å². The van der Waals surface area contributed by atoms with Crippen LogP contribution in [0.3, 0.4) is 0 Å². The number of ether oxygens (including phenoxy) is 7. The predicted octanol–water partition coefficient (Wildman–Crippen LogP) is 5.91. The highest BCUT2D eigenvalue weighted by Gasteiger charge is 2.43. The average molecular weight is 1250 g/mol. The first-order chi connectivity index (χ1) is 43.1. The van der Waals surface area contributed by atoms with Crippen LogP contribution in [0.15, 0.2) is 67.0 Å². The van der Waals surface area contributed by atoms with E-state index in [2.05, 4.69) is 25.1 Å². The van der Waals surface area contributed by atoms with Crippen LogP contribution in [0.2, 0.25) is 0 Å². The lowest BCUT2D eigenvalue weighted by atomic mass is 10.0. The summed E-state index contributed by atoms with van der Waals surface area (Å²) in [4.78, 5) is 132. The largest absolute Gasteiger partial charge is 0.458 e. The van der Waals surface area contributed by atoms with Crippen molar-refractivity contribution in [3.8, 4) is 0 Å². The molecule has 0 spiro atoms. The monoisotopic (exact) mass is 1250 g/mol. The molecule has 7 rings (SSSR count). The fraction of sp³-hybridized carbons (Fsp3) is 0.642. The first-order valence-electron chi connectivity index (χ1n) is 32.2. The number of morpholine rings is 2. The van der Waals surface area contributed by atoms with E-state index in [-0.39, 0.29) is 56.5 Å². The number of anilines is 2. The molecular weight excluding hydrogens is 1160 g/mol. The third kappa shape index (κ3) is 21.2. The van der Waals surface area contributed by atoms with E-state index < -0.39 is 96.2 Å². The van der Waals surface area contributed by atoms with Crippen LogP contribution in [-0.2, 0) is 91.0 Å². The van der Waals surface area contributed by atoms with E-state index in [4.69, 9.17) is 33.2 Å². The Balaban J connectivity index is 1.07. The maximum Gasteiger partial charge on any atom is 0.347 e. The fourth-order valence-electron chi connectivity index (χ4n) is 11.0. The Kier molecular flexibility index (Phi) is 26.7. The van der Waals surface area contributed by atoms with Gasteiger partial charge in [-0.1, -0.05) is 95.8 Å². The van der Waals surface area contributed by atoms with Gasteiger partial charge in [0.25, 0.3) is 17.7 Å². The molecule has 90 heavy (non-hydrogen) atoms. The number of pyridine rings is 2. The molecule has 2 aromatic heterocycles. The van der Waals surface area contributed by atoms with Crippen LogP contribution >= 0.6 is 0 Å². The first kappa shape index (κ1) is 70.2. The Morgan fingerprint density at radius 3 is 1.59 bits per heavy atom. The maximum absolute atomic E-state index is 15.0. The number of carbonyl (C=O) groups excluding carboxylic acids is 8. The number of aromatic nitrogens is 2. The molecule has 494 valence electrons. The Bertz CT molecular complexity index is 2820. The van der Waals surface area contributed by atoms with Crippen molar-refractivity contribution in [2.45, 2.75) is 174 Å². The molecule has 1 N–H and O–H groups in total. The van der Waals surface area contributed by atoms with E-state index in [9.17, 15) is 33.6 Å². The summed E-state index contributed by atoms with van der Waals surface area (Å²) in [5.74, 6) is -4.20. The van der Waals surface area contributed by atoms with Gasteiger partial charge in [0.15, 0.2) is 24.4 Å². The first-order valence-corrected chi connectivity index (χ1v) is 32.2. The van der Waals surface area contributed by atoms with Gasteiger partial charge >= 0.3 is 29.8 Å². The van der Waals surface area contributed by atoms with Gasteiger partial charge in [0.05, 0.1) is 26.4 Å². The number of esters is 5. The highest BCUT2D eigenvalue weighted by atomic mass is 16.6. The van der Waals surface area contributed by atoms with Crippen molar-refractivity contribution in [2.75, 3.05) is 90.6 Å². The van der Waals surface area contributed by atoms with Gasteiger partial charge in [-0.05, 0) is 118 Å². The number of amides is 3. The quantitative estimate of drug-likeness (QED) is 0.0539. The van der Waals surface area contributed by atoms with Crippen LogP contribution in [0.1, 0.15) is 122 Å². The highest BCUT2D eigenvalue weighted by molar-refractivity contribution is 5.93. The van der Waals surface area contributed by atoms with E-state index in [0.29, 0.717) is 76.1 Å². The average Bonchev–Trinajstić information content (AvgIpc) is 2.25. The number of rotatable bonds is 34. The third-order valence-corrected chi connectivity index (χ3v) is 17.1. The third-order valence-electron chi connectivity index (χ3n) is 17.1. The molecule has 4 aliphatic rings. The Morgan fingerprint density at radius 1 is 0.533 bits per heavy atom. The molecule has 2 aliphatic carbocycles. The standard InChI is InChI=1S/C67H96N8O15/c1-43(2)16-24-53(71(8)61(77)56(89-64(80)52(68-7)37-47-17-18-47)25-21-49-22-26-58(69-40-49)74-28-32-84-33-29-74)65(81)87-45(5)60(76)72(9)55(38-48-19-20-48)67(83)90-57(39-51-23-27-59(70-41-51)75-30-34-85-35-31-75)62(78)73(10)54(36-44(3)4)66(82)88-46(6)63(79)86-42-50-14-12-11-13-15-50/h11-15,22-23,26-27,40-41,43-48,52-57,68H,16-21,24-25,28-39,42H2,1-10H3/t45-,46-,52+,53+,54+,55+,56-,57-/m1/s1. The predicted molar refractivity (Wildman–Crippen MR) is 334 cm³/mol. The van der Waals surface area contributed by atoms with Gasteiger partial charge in [-0.2, -0.15) is 0 Å². The number of carbonyl (C=O) groups is 8. The zero-order chi connectivity index (χ0) is 65.0. The Morgan fingerprint density at radius 2 is 1.04 bits per heavy atom. The number of aryl methyl sites for hydroxylation is 1. The van der Waals surface area contributed by atoms with Gasteiger partial charge in [0, 0.05) is 66.1 Å². The number of benzene rings is 1. The van der Waals surface area contributed by atoms with Crippen LogP contribution < -0.4 is 15.1 Å². The van der Waals surface area contributed by atoms with Crippen LogP contribution in [0.4, 0.5) is 11.6 Å². The van der Waals surface area contributed by atoms with Gasteiger partial charge in [-0.25, -0.2) is 29.1 Å². The molecule has 2 aliphatic heterocycles. The summed E-state index contributed by atoms with van der Waals surface area (Å²) >= 11 is 0. The maximum atomic E-state index is 15.0. The second kappa shape index (κ2) is 34.3. The lowest BCUT2D eigenvalue weighted by molar-refractivity contribution is -0.175. The van der Waals surface area contributed by atoms with Gasteiger partial charge in [-0.15, -0.1) is 0 Å². The minimum atomic E-state index is -1.55. The van der Waals surface area contributed by atoms with E-state index in [0.717, 1.165) is 55.7 Å². The summed E-state index contributed by atoms with van der Waals surface area (Å²) in [7, 11) is 5.98. The molecule has 4 fully saturated rings. The normalized spacial score (nSPS) is 17.8. The lowest BCUT2D eigenvalue weighted by Crippen LogP contribution is -2.53. The molecule has 4 heterocycles. The fourth-order valence-corrected chi connectivity index (χ4v) is 11.0. The molecule has 0 bridgehead atoms. The zero-order valence-electron chi connectivity index (χ0n) is 54.4. The smallest absolute Gasteiger partial charge is 0.347 e. The van der Waals surface area contributed by atoms with E-state index in [1.807, 2.05) is 64.1 Å². The number of likely N-dealkylation sites (N-methyl/N-ethyl adjacent to an activating group) is 4. The van der Waals surface area contributed by atoms with Crippen molar-refractivity contribution < 1.29 is 71.5 Å². The molecule has 2 saturated heterocycles. The summed E-state index contributed by atoms with van der Waals surface area (Å²) in [6.45, 7) is 15.4. The zero-order valence-corrected chi connectivity index (χ0v) is 54.4. The van der Waals surface area contributed by atoms with Crippen molar-refractivity contribution in [2.24, 2.45) is 23.7 Å². The minimum absolute atomic E-state index is 0.0393. The van der Waals surface area contributed by atoms with Crippen molar-refractivity contribution in [1.29, 1.82) is 0 Å². The molecule has 23 heteroatoms. The van der Waals surface area contributed by atoms with E-state index in [1.165, 1.54) is 49.7 Å². The van der Waals surface area contributed by atoms with E-state index >= 15 is 4.79 Å². The molecule has 23 nitrogen and oxygen atoms in total. The number of nitrogens with one attached hydrogen (secondary N) is 1. The Hall–Kier alpha value is -7.24. The van der Waals surface area contributed by atoms with Gasteiger partial charge in [-0.3, -0.25) is 19.2 Å². The number of hydrogen-bond donors (Lipinski definition) is 1. The van der Waals surface area contributed by atoms with Gasteiger partial charge < -0.3 is 63.0 Å².